The minimum Gasteiger partial charge on any atom is -0.368 e. The third-order valence-electron chi connectivity index (χ3n) is 3.31. The lowest BCUT2D eigenvalue weighted by Gasteiger charge is -2.37. The highest BCUT2D eigenvalue weighted by molar-refractivity contribution is 6.29. The van der Waals surface area contributed by atoms with Gasteiger partial charge in [0, 0.05) is 38.3 Å². The summed E-state index contributed by atoms with van der Waals surface area (Å²) < 4.78 is 0. The number of rotatable bonds is 3. The predicted octanol–water partition coefficient (Wildman–Crippen LogP) is 1.10. The molecule has 1 aliphatic rings. The zero-order valence-electron chi connectivity index (χ0n) is 11.1. The van der Waals surface area contributed by atoms with Crippen molar-refractivity contribution in [3.8, 4) is 0 Å². The highest BCUT2D eigenvalue weighted by atomic mass is 35.5. The van der Waals surface area contributed by atoms with Crippen LogP contribution in [-0.2, 0) is 0 Å². The molecular formula is C12H20ClN5. The van der Waals surface area contributed by atoms with E-state index in [2.05, 4.69) is 39.2 Å². The number of nitrogens with one attached hydrogen (secondary N) is 1. The summed E-state index contributed by atoms with van der Waals surface area (Å²) >= 11 is 5.91. The van der Waals surface area contributed by atoms with Crippen molar-refractivity contribution in [2.75, 3.05) is 45.6 Å². The summed E-state index contributed by atoms with van der Waals surface area (Å²) in [7, 11) is 4.32. The van der Waals surface area contributed by atoms with Crippen LogP contribution in [0.2, 0.25) is 5.15 Å². The van der Waals surface area contributed by atoms with Gasteiger partial charge in [0.1, 0.15) is 16.8 Å². The Kier molecular flexibility index (Phi) is 4.37. The van der Waals surface area contributed by atoms with Gasteiger partial charge in [0.2, 0.25) is 0 Å². The molecule has 0 aliphatic carbocycles. The van der Waals surface area contributed by atoms with E-state index in [1.165, 1.54) is 0 Å². The van der Waals surface area contributed by atoms with Gasteiger partial charge in [-0.2, -0.15) is 0 Å². The van der Waals surface area contributed by atoms with Crippen LogP contribution in [0, 0.1) is 6.92 Å². The van der Waals surface area contributed by atoms with Crippen molar-refractivity contribution in [2.24, 2.45) is 0 Å². The van der Waals surface area contributed by atoms with Gasteiger partial charge in [-0.05, 0) is 21.0 Å². The number of halogens is 1. The van der Waals surface area contributed by atoms with Crippen LogP contribution in [0.5, 0.6) is 0 Å². The number of hydrogen-bond acceptors (Lipinski definition) is 5. The van der Waals surface area contributed by atoms with Gasteiger partial charge in [-0.15, -0.1) is 0 Å². The van der Waals surface area contributed by atoms with Gasteiger partial charge in [-0.1, -0.05) is 11.6 Å². The van der Waals surface area contributed by atoms with Crippen molar-refractivity contribution >= 4 is 17.4 Å². The molecule has 1 aliphatic heterocycles. The van der Waals surface area contributed by atoms with E-state index >= 15 is 0 Å². The number of piperazine rings is 1. The Morgan fingerprint density at radius 3 is 2.89 bits per heavy atom. The number of hydrogen-bond donors (Lipinski definition) is 1. The minimum absolute atomic E-state index is 0.485. The normalized spacial score (nSPS) is 22.1. The maximum atomic E-state index is 5.91. The summed E-state index contributed by atoms with van der Waals surface area (Å²) in [6.45, 7) is 6.02. The molecule has 1 saturated heterocycles. The van der Waals surface area contributed by atoms with Crippen LogP contribution >= 0.6 is 11.6 Å². The van der Waals surface area contributed by atoms with Crippen molar-refractivity contribution in [2.45, 2.75) is 13.0 Å². The fourth-order valence-electron chi connectivity index (χ4n) is 2.17. The van der Waals surface area contributed by atoms with E-state index in [0.717, 1.165) is 32.0 Å². The maximum Gasteiger partial charge on any atom is 0.134 e. The predicted molar refractivity (Wildman–Crippen MR) is 74.2 cm³/mol. The molecule has 100 valence electrons. The van der Waals surface area contributed by atoms with Crippen molar-refractivity contribution in [3.63, 3.8) is 0 Å². The molecule has 0 aromatic carbocycles. The Hall–Kier alpha value is -0.910. The Labute approximate surface area is 113 Å². The van der Waals surface area contributed by atoms with E-state index in [4.69, 9.17) is 11.6 Å². The Morgan fingerprint density at radius 1 is 1.39 bits per heavy atom. The molecule has 1 aromatic heterocycles. The van der Waals surface area contributed by atoms with Crippen LogP contribution in [0.4, 0.5) is 5.82 Å². The maximum absolute atomic E-state index is 5.91. The molecule has 1 aromatic rings. The fourth-order valence-corrected chi connectivity index (χ4v) is 2.39. The molecule has 0 amide bonds. The van der Waals surface area contributed by atoms with E-state index in [1.54, 1.807) is 6.07 Å². The Balaban J connectivity index is 1.94. The first-order valence-corrected chi connectivity index (χ1v) is 6.56. The van der Waals surface area contributed by atoms with E-state index in [9.17, 15) is 0 Å². The van der Waals surface area contributed by atoms with Gasteiger partial charge < -0.3 is 10.2 Å². The van der Waals surface area contributed by atoms with Crippen LogP contribution in [0.15, 0.2) is 6.07 Å². The monoisotopic (exact) mass is 269 g/mol. The molecule has 0 radical (unpaired) electrons. The number of aryl methyl sites for hydroxylation is 1. The number of aromatic nitrogens is 2. The highest BCUT2D eigenvalue weighted by Crippen LogP contribution is 2.12. The summed E-state index contributed by atoms with van der Waals surface area (Å²) in [5.74, 6) is 1.49. The largest absolute Gasteiger partial charge is 0.368 e. The third kappa shape index (κ3) is 3.54. The standard InChI is InChI=1S/C12H20ClN5/c1-9-15-11(13)6-12(16-9)14-7-10-8-17(2)4-5-18(10)3/h6,10H,4-5,7-8H2,1-3H3,(H,14,15,16). The van der Waals surface area contributed by atoms with Crippen LogP contribution in [-0.4, -0.2) is 66.1 Å². The SMILES string of the molecule is Cc1nc(Cl)cc(NCC2CN(C)CCN2C)n1. The van der Waals surface area contributed by atoms with Crippen molar-refractivity contribution in [1.82, 2.24) is 19.8 Å². The molecule has 0 spiro atoms. The number of likely N-dealkylation sites (N-methyl/N-ethyl adjacent to an activating group) is 2. The van der Waals surface area contributed by atoms with E-state index in [1.807, 2.05) is 6.92 Å². The molecule has 0 saturated carbocycles. The van der Waals surface area contributed by atoms with Gasteiger partial charge in [-0.3, -0.25) is 4.90 Å². The van der Waals surface area contributed by atoms with E-state index in [-0.39, 0.29) is 0 Å². The summed E-state index contributed by atoms with van der Waals surface area (Å²) in [4.78, 5) is 13.1. The Bertz CT molecular complexity index is 391. The molecule has 2 heterocycles. The molecule has 1 unspecified atom stereocenters. The number of nitrogens with zero attached hydrogens (tertiary/aromatic N) is 4. The summed E-state index contributed by atoms with van der Waals surface area (Å²) in [5, 5.41) is 3.83. The van der Waals surface area contributed by atoms with Gasteiger partial charge in [0.05, 0.1) is 0 Å². The number of anilines is 1. The third-order valence-corrected chi connectivity index (χ3v) is 3.50. The zero-order valence-corrected chi connectivity index (χ0v) is 11.9. The lowest BCUT2D eigenvalue weighted by atomic mass is 10.2. The molecule has 0 bridgehead atoms. The zero-order chi connectivity index (χ0) is 13.1. The molecule has 2 rings (SSSR count). The average molecular weight is 270 g/mol. The van der Waals surface area contributed by atoms with Crippen molar-refractivity contribution in [1.29, 1.82) is 0 Å². The van der Waals surface area contributed by atoms with Crippen LogP contribution in [0.3, 0.4) is 0 Å². The van der Waals surface area contributed by atoms with Crippen molar-refractivity contribution in [3.05, 3.63) is 17.0 Å². The first-order chi connectivity index (χ1) is 8.54. The second-order valence-electron chi connectivity index (χ2n) is 4.90. The second kappa shape index (κ2) is 5.82. The van der Waals surface area contributed by atoms with Gasteiger partial charge in [-0.25, -0.2) is 9.97 Å². The molecule has 1 N–H and O–H groups in total. The molecule has 1 fully saturated rings. The first kappa shape index (κ1) is 13.5. The smallest absolute Gasteiger partial charge is 0.134 e. The minimum atomic E-state index is 0.485. The van der Waals surface area contributed by atoms with Gasteiger partial charge in [0.15, 0.2) is 0 Å². The van der Waals surface area contributed by atoms with Gasteiger partial charge in [0.25, 0.3) is 0 Å². The lowest BCUT2D eigenvalue weighted by molar-refractivity contribution is 0.122. The molecule has 18 heavy (non-hydrogen) atoms. The average Bonchev–Trinajstić information content (AvgIpc) is 2.29. The molecule has 1 atom stereocenters. The van der Waals surface area contributed by atoms with Crippen LogP contribution in [0.1, 0.15) is 5.82 Å². The van der Waals surface area contributed by atoms with E-state index < -0.39 is 0 Å². The highest BCUT2D eigenvalue weighted by Gasteiger charge is 2.21. The van der Waals surface area contributed by atoms with Crippen molar-refractivity contribution < 1.29 is 0 Å². The van der Waals surface area contributed by atoms with Gasteiger partial charge >= 0.3 is 0 Å². The summed E-state index contributed by atoms with van der Waals surface area (Å²) in [6, 6.07) is 2.26. The van der Waals surface area contributed by atoms with Crippen LogP contribution in [0.25, 0.3) is 0 Å². The Morgan fingerprint density at radius 2 is 2.17 bits per heavy atom. The molecule has 6 heteroatoms. The first-order valence-electron chi connectivity index (χ1n) is 6.18. The topological polar surface area (TPSA) is 44.3 Å². The van der Waals surface area contributed by atoms with Crippen LogP contribution < -0.4 is 5.32 Å². The van der Waals surface area contributed by atoms with E-state index in [0.29, 0.717) is 17.0 Å². The second-order valence-corrected chi connectivity index (χ2v) is 5.29. The lowest BCUT2D eigenvalue weighted by Crippen LogP contribution is -2.52. The summed E-state index contributed by atoms with van der Waals surface area (Å²) in [5.41, 5.74) is 0. The molecular weight excluding hydrogens is 250 g/mol. The quantitative estimate of drug-likeness (QED) is 0.833. The summed E-state index contributed by atoms with van der Waals surface area (Å²) in [6.07, 6.45) is 0. The molecule has 5 nitrogen and oxygen atoms in total. The fraction of sp³-hybridized carbons (Fsp3) is 0.667.